The predicted molar refractivity (Wildman–Crippen MR) is 103 cm³/mol. The zero-order chi connectivity index (χ0) is 21.3. The normalized spacial score (nSPS) is 26.9. The van der Waals surface area contributed by atoms with Gasteiger partial charge in [-0.3, -0.25) is 19.3 Å². The first kappa shape index (κ1) is 22.2. The molecule has 2 aliphatic rings. The molecule has 8 nitrogen and oxygen atoms in total. The number of amides is 4. The first-order valence-electron chi connectivity index (χ1n) is 9.90. The molecular formula is C20H33N3O5. The molecule has 2 rings (SSSR count). The van der Waals surface area contributed by atoms with E-state index in [9.17, 15) is 19.2 Å². The number of ether oxygens (including phenoxy) is 1. The topological polar surface area (TPSA) is 105 Å². The van der Waals surface area contributed by atoms with Crippen LogP contribution in [0.4, 0.5) is 4.79 Å². The molecule has 1 aliphatic heterocycles. The maximum Gasteiger partial charge on any atom is 0.326 e. The Hall–Kier alpha value is -2.12. The lowest BCUT2D eigenvalue weighted by molar-refractivity contribution is -0.151. The van der Waals surface area contributed by atoms with Crippen LogP contribution in [-0.4, -0.2) is 52.9 Å². The monoisotopic (exact) mass is 395 g/mol. The van der Waals surface area contributed by atoms with Crippen LogP contribution >= 0.6 is 0 Å². The van der Waals surface area contributed by atoms with Crippen LogP contribution in [0.3, 0.4) is 0 Å². The summed E-state index contributed by atoms with van der Waals surface area (Å²) in [5, 5.41) is 5.57. The van der Waals surface area contributed by atoms with Gasteiger partial charge < -0.3 is 15.4 Å². The third-order valence-electron chi connectivity index (χ3n) is 5.64. The molecule has 1 saturated carbocycles. The summed E-state index contributed by atoms with van der Waals surface area (Å²) in [6, 6.07) is -0.580. The minimum absolute atomic E-state index is 0.0820. The smallest absolute Gasteiger partial charge is 0.326 e. The molecule has 1 heterocycles. The minimum atomic E-state index is -0.957. The molecule has 158 valence electrons. The molecule has 2 atom stereocenters. The summed E-state index contributed by atoms with van der Waals surface area (Å²) in [7, 11) is 0. The van der Waals surface area contributed by atoms with Crippen molar-refractivity contribution >= 4 is 23.8 Å². The van der Waals surface area contributed by atoms with E-state index in [4.69, 9.17) is 4.74 Å². The number of nitrogens with one attached hydrogen (secondary N) is 2. The lowest BCUT2D eigenvalue weighted by atomic mass is 9.64. The molecule has 0 radical (unpaired) electrons. The van der Waals surface area contributed by atoms with E-state index >= 15 is 0 Å². The van der Waals surface area contributed by atoms with Crippen LogP contribution in [0.2, 0.25) is 0 Å². The molecule has 2 fully saturated rings. The second kappa shape index (κ2) is 7.72. The average molecular weight is 396 g/mol. The van der Waals surface area contributed by atoms with Crippen molar-refractivity contribution in [2.75, 3.05) is 13.2 Å². The Morgan fingerprint density at radius 1 is 1.29 bits per heavy atom. The van der Waals surface area contributed by atoms with Crippen molar-refractivity contribution in [3.05, 3.63) is 0 Å². The fourth-order valence-corrected chi connectivity index (χ4v) is 4.47. The van der Waals surface area contributed by atoms with Crippen LogP contribution in [0.15, 0.2) is 0 Å². The van der Waals surface area contributed by atoms with Crippen molar-refractivity contribution in [1.82, 2.24) is 15.5 Å². The fraction of sp³-hybridized carbons (Fsp3) is 0.800. The highest BCUT2D eigenvalue weighted by atomic mass is 16.5. The Morgan fingerprint density at radius 3 is 2.50 bits per heavy atom. The summed E-state index contributed by atoms with van der Waals surface area (Å²) < 4.78 is 4.97. The van der Waals surface area contributed by atoms with Crippen molar-refractivity contribution in [3.63, 3.8) is 0 Å². The van der Waals surface area contributed by atoms with Crippen LogP contribution in [0.25, 0.3) is 0 Å². The third-order valence-corrected chi connectivity index (χ3v) is 5.64. The molecule has 0 aromatic rings. The summed E-state index contributed by atoms with van der Waals surface area (Å²) in [5.74, 6) is -1.30. The summed E-state index contributed by atoms with van der Waals surface area (Å²) in [4.78, 5) is 50.3. The number of urea groups is 1. The molecular weight excluding hydrogens is 362 g/mol. The first-order chi connectivity index (χ1) is 12.8. The number of carbonyl (C=O) groups excluding carboxylic acids is 4. The van der Waals surface area contributed by atoms with Gasteiger partial charge in [0, 0.05) is 5.54 Å². The molecule has 0 bridgehead atoms. The van der Waals surface area contributed by atoms with E-state index in [0.717, 1.165) is 17.7 Å². The summed E-state index contributed by atoms with van der Waals surface area (Å²) in [6.07, 6.45) is 2.80. The van der Waals surface area contributed by atoms with Gasteiger partial charge in [0.1, 0.15) is 12.1 Å². The molecule has 0 aromatic carbocycles. The Bertz CT molecular complexity index is 673. The van der Waals surface area contributed by atoms with E-state index in [1.165, 1.54) is 0 Å². The highest BCUT2D eigenvalue weighted by Gasteiger charge is 2.56. The Morgan fingerprint density at radius 2 is 1.93 bits per heavy atom. The lowest BCUT2D eigenvalue weighted by Crippen LogP contribution is -2.54. The second-order valence-corrected chi connectivity index (χ2v) is 9.70. The standard InChI is InChI=1S/C20H33N3O5/c1-7-19(5,6)21-14(24)11-28-15(25)10-23-16(26)20(22-17(23)27)9-13(2)8-18(3,4)12-20/h13H,7-12H2,1-6H3,(H,21,24)(H,22,27)/t13-,20-/m0/s1. The van der Waals surface area contributed by atoms with Crippen LogP contribution in [0.1, 0.15) is 67.2 Å². The highest BCUT2D eigenvalue weighted by Crippen LogP contribution is 2.46. The largest absolute Gasteiger partial charge is 0.454 e. The van der Waals surface area contributed by atoms with E-state index in [-0.39, 0.29) is 17.2 Å². The number of nitrogens with zero attached hydrogens (tertiary/aromatic N) is 1. The van der Waals surface area contributed by atoms with Gasteiger partial charge in [0.15, 0.2) is 6.61 Å². The number of rotatable bonds is 6. The fourth-order valence-electron chi connectivity index (χ4n) is 4.47. The molecule has 8 heteroatoms. The van der Waals surface area contributed by atoms with Crippen LogP contribution in [-0.2, 0) is 19.1 Å². The van der Waals surface area contributed by atoms with Crippen molar-refractivity contribution in [2.45, 2.75) is 78.3 Å². The van der Waals surface area contributed by atoms with E-state index < -0.39 is 42.1 Å². The molecule has 1 aliphatic carbocycles. The number of imide groups is 1. The molecule has 28 heavy (non-hydrogen) atoms. The number of hydrogen-bond acceptors (Lipinski definition) is 5. The van der Waals surface area contributed by atoms with Crippen LogP contribution < -0.4 is 10.6 Å². The van der Waals surface area contributed by atoms with Crippen LogP contribution in [0, 0.1) is 11.3 Å². The van der Waals surface area contributed by atoms with Crippen molar-refractivity contribution < 1.29 is 23.9 Å². The molecule has 1 spiro atoms. The van der Waals surface area contributed by atoms with E-state index in [1.54, 1.807) is 0 Å². The molecule has 0 aromatic heterocycles. The minimum Gasteiger partial charge on any atom is -0.454 e. The first-order valence-corrected chi connectivity index (χ1v) is 9.90. The Kier molecular flexibility index (Phi) is 6.11. The van der Waals surface area contributed by atoms with E-state index in [0.29, 0.717) is 12.8 Å². The van der Waals surface area contributed by atoms with E-state index in [1.807, 2.05) is 20.8 Å². The molecule has 2 N–H and O–H groups in total. The maximum atomic E-state index is 13.0. The van der Waals surface area contributed by atoms with E-state index in [2.05, 4.69) is 31.4 Å². The third kappa shape index (κ3) is 5.02. The quantitative estimate of drug-likeness (QED) is 0.528. The van der Waals surface area contributed by atoms with Gasteiger partial charge in [0.05, 0.1) is 0 Å². The van der Waals surface area contributed by atoms with Crippen LogP contribution in [0.5, 0.6) is 0 Å². The van der Waals surface area contributed by atoms with Gasteiger partial charge >= 0.3 is 12.0 Å². The number of carbonyl (C=O) groups is 4. The van der Waals surface area contributed by atoms with Crippen molar-refractivity contribution in [2.24, 2.45) is 11.3 Å². The zero-order valence-electron chi connectivity index (χ0n) is 17.8. The Balaban J connectivity index is 1.95. The van der Waals surface area contributed by atoms with Crippen molar-refractivity contribution in [3.8, 4) is 0 Å². The lowest BCUT2D eigenvalue weighted by Gasteiger charge is -2.43. The van der Waals surface area contributed by atoms with Gasteiger partial charge in [-0.1, -0.05) is 27.7 Å². The van der Waals surface area contributed by atoms with Gasteiger partial charge in [0.25, 0.3) is 11.8 Å². The maximum absolute atomic E-state index is 13.0. The number of hydrogen-bond donors (Lipinski definition) is 2. The number of esters is 1. The highest BCUT2D eigenvalue weighted by molar-refractivity contribution is 6.08. The molecule has 0 unspecified atom stereocenters. The summed E-state index contributed by atoms with van der Waals surface area (Å²) >= 11 is 0. The molecule has 1 saturated heterocycles. The van der Waals surface area contributed by atoms with Gasteiger partial charge in [-0.05, 0) is 50.9 Å². The SMILES string of the molecule is CCC(C)(C)NC(=O)COC(=O)CN1C(=O)N[C@]2(C[C@@H](C)CC(C)(C)C2)C1=O. The van der Waals surface area contributed by atoms with Crippen molar-refractivity contribution in [1.29, 1.82) is 0 Å². The summed E-state index contributed by atoms with van der Waals surface area (Å²) in [6.45, 7) is 11.0. The van der Waals surface area contributed by atoms with Gasteiger partial charge in [-0.2, -0.15) is 0 Å². The average Bonchev–Trinajstić information content (AvgIpc) is 2.74. The van der Waals surface area contributed by atoms with Gasteiger partial charge in [-0.25, -0.2) is 4.79 Å². The van der Waals surface area contributed by atoms with Gasteiger partial charge in [-0.15, -0.1) is 0 Å². The second-order valence-electron chi connectivity index (χ2n) is 9.70. The molecule has 4 amide bonds. The Labute approximate surface area is 166 Å². The predicted octanol–water partition coefficient (Wildman–Crippen LogP) is 1.97. The summed E-state index contributed by atoms with van der Waals surface area (Å²) in [5.41, 5.74) is -1.44. The zero-order valence-corrected chi connectivity index (χ0v) is 17.8. The van der Waals surface area contributed by atoms with Gasteiger partial charge in [0.2, 0.25) is 0 Å².